The molecule has 0 spiro atoms. The fourth-order valence-corrected chi connectivity index (χ4v) is 5.14. The summed E-state index contributed by atoms with van der Waals surface area (Å²) in [4.78, 5) is 5.12. The van der Waals surface area contributed by atoms with Crippen molar-refractivity contribution in [2.24, 2.45) is 5.92 Å². The van der Waals surface area contributed by atoms with Crippen molar-refractivity contribution in [3.8, 4) is 5.75 Å². The first-order chi connectivity index (χ1) is 14.7. The van der Waals surface area contributed by atoms with Crippen LogP contribution in [0, 0.1) is 5.92 Å². The molecule has 1 atom stereocenters. The molecular formula is C23H36N6O. The molecule has 0 N–H and O–H groups in total. The Morgan fingerprint density at radius 3 is 2.47 bits per heavy atom. The predicted octanol–water partition coefficient (Wildman–Crippen LogP) is 3.70. The van der Waals surface area contributed by atoms with Gasteiger partial charge in [0.1, 0.15) is 5.75 Å². The van der Waals surface area contributed by atoms with E-state index in [0.29, 0.717) is 12.0 Å². The van der Waals surface area contributed by atoms with Crippen LogP contribution in [-0.2, 0) is 6.54 Å². The van der Waals surface area contributed by atoms with Crippen LogP contribution in [0.1, 0.15) is 69.4 Å². The summed E-state index contributed by atoms with van der Waals surface area (Å²) in [6.07, 6.45) is 6.33. The van der Waals surface area contributed by atoms with E-state index >= 15 is 0 Å². The van der Waals surface area contributed by atoms with Crippen LogP contribution in [0.15, 0.2) is 24.3 Å². The standard InChI is InChI=1S/C23H36N6O/c1-18(2)22(23-24-25-26-29(23)20-10-5-4-6-11-20)28-15-13-27(14-16-28)17-19-9-7-8-12-21(19)30-3/h7-9,12,18,20,22H,4-6,10-11,13-17H2,1-3H3/t22-/m0/s1. The third-order valence-corrected chi connectivity index (χ3v) is 6.72. The van der Waals surface area contributed by atoms with Crippen molar-refractivity contribution >= 4 is 0 Å². The quantitative estimate of drug-likeness (QED) is 0.691. The minimum Gasteiger partial charge on any atom is -0.496 e. The molecule has 1 aliphatic carbocycles. The minimum absolute atomic E-state index is 0.273. The van der Waals surface area contributed by atoms with Crippen molar-refractivity contribution in [1.29, 1.82) is 0 Å². The zero-order valence-electron chi connectivity index (χ0n) is 18.7. The Morgan fingerprint density at radius 2 is 1.77 bits per heavy atom. The number of nitrogens with zero attached hydrogens (tertiary/aromatic N) is 6. The number of aromatic nitrogens is 4. The second-order valence-electron chi connectivity index (χ2n) is 9.09. The SMILES string of the molecule is COc1ccccc1CN1CCN([C@H](c2nnnn2C2CCCCC2)C(C)C)CC1. The van der Waals surface area contributed by atoms with Crippen LogP contribution in [0.4, 0.5) is 0 Å². The molecule has 0 amide bonds. The zero-order chi connectivity index (χ0) is 20.9. The Labute approximate surface area is 180 Å². The van der Waals surface area contributed by atoms with Gasteiger partial charge < -0.3 is 4.74 Å². The third-order valence-electron chi connectivity index (χ3n) is 6.72. The molecule has 0 bridgehead atoms. The normalized spacial score (nSPS) is 20.5. The molecule has 0 radical (unpaired) electrons. The Bertz CT molecular complexity index is 792. The fraction of sp³-hybridized carbons (Fsp3) is 0.696. The van der Waals surface area contributed by atoms with Gasteiger partial charge in [-0.2, -0.15) is 0 Å². The van der Waals surface area contributed by atoms with E-state index in [1.54, 1.807) is 7.11 Å². The van der Waals surface area contributed by atoms with Crippen LogP contribution in [-0.4, -0.2) is 63.3 Å². The van der Waals surface area contributed by atoms with Gasteiger partial charge >= 0.3 is 0 Å². The summed E-state index contributed by atoms with van der Waals surface area (Å²) in [5.74, 6) is 2.51. The Balaban J connectivity index is 1.43. The summed E-state index contributed by atoms with van der Waals surface area (Å²) in [5, 5.41) is 13.1. The first-order valence-corrected chi connectivity index (χ1v) is 11.5. The summed E-state index contributed by atoms with van der Waals surface area (Å²) in [6.45, 7) is 9.70. The summed E-state index contributed by atoms with van der Waals surface area (Å²) in [5.41, 5.74) is 1.26. The molecule has 1 aromatic heterocycles. The molecule has 30 heavy (non-hydrogen) atoms. The van der Waals surface area contributed by atoms with Gasteiger partial charge in [-0.05, 0) is 35.3 Å². The van der Waals surface area contributed by atoms with Crippen molar-refractivity contribution in [2.45, 2.75) is 64.6 Å². The molecule has 4 rings (SSSR count). The maximum absolute atomic E-state index is 5.54. The number of rotatable bonds is 7. The molecule has 2 aromatic rings. The summed E-state index contributed by atoms with van der Waals surface area (Å²) >= 11 is 0. The van der Waals surface area contributed by atoms with E-state index in [0.717, 1.165) is 44.3 Å². The van der Waals surface area contributed by atoms with Gasteiger partial charge in [0, 0.05) is 38.3 Å². The minimum atomic E-state index is 0.273. The van der Waals surface area contributed by atoms with E-state index in [1.165, 1.54) is 37.7 Å². The molecule has 164 valence electrons. The van der Waals surface area contributed by atoms with Crippen LogP contribution in [0.25, 0.3) is 0 Å². The molecule has 7 heteroatoms. The van der Waals surface area contributed by atoms with E-state index in [9.17, 15) is 0 Å². The summed E-state index contributed by atoms with van der Waals surface area (Å²) in [6, 6.07) is 9.08. The Hall–Kier alpha value is -1.99. The Kier molecular flexibility index (Phi) is 7.00. The average molecular weight is 413 g/mol. The maximum Gasteiger partial charge on any atom is 0.168 e. The van der Waals surface area contributed by atoms with Crippen LogP contribution in [0.2, 0.25) is 0 Å². The van der Waals surface area contributed by atoms with Gasteiger partial charge in [-0.25, -0.2) is 4.68 Å². The van der Waals surface area contributed by atoms with Crippen molar-refractivity contribution in [3.63, 3.8) is 0 Å². The van der Waals surface area contributed by atoms with Crippen molar-refractivity contribution < 1.29 is 4.74 Å². The van der Waals surface area contributed by atoms with E-state index in [4.69, 9.17) is 4.74 Å². The predicted molar refractivity (Wildman–Crippen MR) is 117 cm³/mol. The first kappa shape index (κ1) is 21.2. The second kappa shape index (κ2) is 9.88. The van der Waals surface area contributed by atoms with Crippen molar-refractivity contribution in [1.82, 2.24) is 30.0 Å². The van der Waals surface area contributed by atoms with E-state index < -0.39 is 0 Å². The lowest BCUT2D eigenvalue weighted by Crippen LogP contribution is -2.48. The smallest absolute Gasteiger partial charge is 0.168 e. The highest BCUT2D eigenvalue weighted by molar-refractivity contribution is 5.33. The lowest BCUT2D eigenvalue weighted by Gasteiger charge is -2.40. The van der Waals surface area contributed by atoms with E-state index in [-0.39, 0.29) is 6.04 Å². The molecule has 1 saturated carbocycles. The average Bonchev–Trinajstić information content (AvgIpc) is 3.25. The molecule has 1 saturated heterocycles. The van der Waals surface area contributed by atoms with Crippen LogP contribution >= 0.6 is 0 Å². The highest BCUT2D eigenvalue weighted by atomic mass is 16.5. The van der Waals surface area contributed by atoms with E-state index in [1.807, 2.05) is 12.1 Å². The van der Waals surface area contributed by atoms with Gasteiger partial charge in [-0.1, -0.05) is 51.3 Å². The van der Waals surface area contributed by atoms with Gasteiger partial charge in [-0.15, -0.1) is 5.10 Å². The number of benzene rings is 1. The fourth-order valence-electron chi connectivity index (χ4n) is 5.14. The number of hydrogen-bond acceptors (Lipinski definition) is 6. The highest BCUT2D eigenvalue weighted by Gasteiger charge is 2.33. The zero-order valence-corrected chi connectivity index (χ0v) is 18.7. The third kappa shape index (κ3) is 4.67. The van der Waals surface area contributed by atoms with Crippen molar-refractivity contribution in [2.75, 3.05) is 33.3 Å². The van der Waals surface area contributed by atoms with Crippen molar-refractivity contribution in [3.05, 3.63) is 35.7 Å². The first-order valence-electron chi connectivity index (χ1n) is 11.5. The number of ether oxygens (including phenoxy) is 1. The van der Waals surface area contributed by atoms with Crippen LogP contribution < -0.4 is 4.74 Å². The number of tetrazole rings is 1. The number of para-hydroxylation sites is 1. The second-order valence-corrected chi connectivity index (χ2v) is 9.09. The molecule has 2 heterocycles. The summed E-state index contributed by atoms with van der Waals surface area (Å²) in [7, 11) is 1.75. The molecule has 1 aliphatic heterocycles. The van der Waals surface area contributed by atoms with E-state index in [2.05, 4.69) is 56.0 Å². The molecule has 1 aromatic carbocycles. The molecule has 2 fully saturated rings. The monoisotopic (exact) mass is 412 g/mol. The van der Waals surface area contributed by atoms with Gasteiger partial charge in [0.2, 0.25) is 0 Å². The number of methoxy groups -OCH3 is 1. The molecule has 0 unspecified atom stereocenters. The maximum atomic E-state index is 5.54. The lowest BCUT2D eigenvalue weighted by atomic mass is 9.94. The number of piperazine rings is 1. The molecule has 2 aliphatic rings. The lowest BCUT2D eigenvalue weighted by molar-refractivity contribution is 0.0643. The van der Waals surface area contributed by atoms with Gasteiger partial charge in [0.25, 0.3) is 0 Å². The van der Waals surface area contributed by atoms with Gasteiger partial charge in [-0.3, -0.25) is 9.80 Å². The Morgan fingerprint density at radius 1 is 1.03 bits per heavy atom. The summed E-state index contributed by atoms with van der Waals surface area (Å²) < 4.78 is 7.69. The molecule has 7 nitrogen and oxygen atoms in total. The molecular weight excluding hydrogens is 376 g/mol. The largest absolute Gasteiger partial charge is 0.496 e. The topological polar surface area (TPSA) is 59.3 Å². The highest BCUT2D eigenvalue weighted by Crippen LogP contribution is 2.33. The van der Waals surface area contributed by atoms with Gasteiger partial charge in [0.15, 0.2) is 5.82 Å². The van der Waals surface area contributed by atoms with Crippen LogP contribution in [0.3, 0.4) is 0 Å². The van der Waals surface area contributed by atoms with Gasteiger partial charge in [0.05, 0.1) is 19.2 Å². The van der Waals surface area contributed by atoms with Crippen LogP contribution in [0.5, 0.6) is 5.75 Å². The number of hydrogen-bond donors (Lipinski definition) is 0.